The van der Waals surface area contributed by atoms with E-state index >= 15 is 0 Å². The molecule has 0 heterocycles. The van der Waals surface area contributed by atoms with Crippen molar-refractivity contribution in [1.82, 2.24) is 15.5 Å². The van der Waals surface area contributed by atoms with Gasteiger partial charge in [-0.2, -0.15) is 0 Å². The summed E-state index contributed by atoms with van der Waals surface area (Å²) in [5, 5.41) is 5.63. The van der Waals surface area contributed by atoms with E-state index in [9.17, 15) is 9.59 Å². The van der Waals surface area contributed by atoms with Gasteiger partial charge in [-0.3, -0.25) is 9.59 Å². The predicted octanol–water partition coefficient (Wildman–Crippen LogP) is 1.18. The number of nitrogens with zero attached hydrogens (tertiary/aromatic N) is 1. The number of likely N-dealkylation sites (N-methyl/N-ethyl adjacent to an activating group) is 1. The van der Waals surface area contributed by atoms with Crippen LogP contribution in [0.4, 0.5) is 0 Å². The van der Waals surface area contributed by atoms with Crippen LogP contribution in [0.2, 0.25) is 0 Å². The van der Waals surface area contributed by atoms with Crippen LogP contribution in [0.3, 0.4) is 0 Å². The standard InChI is InChI=1S/C16H26N4O2.2ClH/c1-4-14(17)16(22)19-11-12-5-7-13(8-6-12)15(21)18-9-10-20(2)3;;/h5-8,14H,4,9-11,17H2,1-3H3,(H,18,21)(H,19,22);2*1H/t14-;;/m0../s1. The molecule has 0 unspecified atom stereocenters. The average Bonchev–Trinajstić information content (AvgIpc) is 2.51. The largest absolute Gasteiger partial charge is 0.351 e. The topological polar surface area (TPSA) is 87.5 Å². The molecule has 8 heteroatoms. The van der Waals surface area contributed by atoms with Crippen molar-refractivity contribution in [1.29, 1.82) is 0 Å². The number of hydrogen-bond acceptors (Lipinski definition) is 4. The van der Waals surface area contributed by atoms with Gasteiger partial charge in [0.1, 0.15) is 0 Å². The van der Waals surface area contributed by atoms with E-state index in [4.69, 9.17) is 5.73 Å². The average molecular weight is 379 g/mol. The molecule has 1 aromatic carbocycles. The number of amides is 2. The molecular weight excluding hydrogens is 351 g/mol. The van der Waals surface area contributed by atoms with Gasteiger partial charge in [0.15, 0.2) is 0 Å². The smallest absolute Gasteiger partial charge is 0.251 e. The van der Waals surface area contributed by atoms with Crippen LogP contribution in [0.5, 0.6) is 0 Å². The van der Waals surface area contributed by atoms with E-state index in [-0.39, 0.29) is 36.6 Å². The van der Waals surface area contributed by atoms with Crippen LogP contribution in [0.25, 0.3) is 0 Å². The molecule has 1 rings (SSSR count). The maximum Gasteiger partial charge on any atom is 0.251 e. The molecule has 0 radical (unpaired) electrons. The van der Waals surface area contributed by atoms with Crippen LogP contribution >= 0.6 is 24.8 Å². The van der Waals surface area contributed by atoms with Crippen LogP contribution < -0.4 is 16.4 Å². The zero-order valence-corrected chi connectivity index (χ0v) is 16.0. The molecule has 0 aliphatic rings. The molecule has 138 valence electrons. The monoisotopic (exact) mass is 378 g/mol. The predicted molar refractivity (Wildman–Crippen MR) is 102 cm³/mol. The van der Waals surface area contributed by atoms with Crippen LogP contribution in [0.15, 0.2) is 24.3 Å². The molecule has 0 bridgehead atoms. The summed E-state index contributed by atoms with van der Waals surface area (Å²) in [7, 11) is 3.92. The van der Waals surface area contributed by atoms with Gasteiger partial charge in [0.2, 0.25) is 5.91 Å². The Labute approximate surface area is 156 Å². The lowest BCUT2D eigenvalue weighted by atomic mass is 10.1. The number of nitrogens with two attached hydrogens (primary N) is 1. The Bertz CT molecular complexity index is 495. The highest BCUT2D eigenvalue weighted by atomic mass is 35.5. The maximum atomic E-state index is 11.9. The van der Waals surface area contributed by atoms with E-state index in [0.29, 0.717) is 25.1 Å². The number of carbonyl (C=O) groups excluding carboxylic acids is 2. The Balaban J connectivity index is 0. The minimum Gasteiger partial charge on any atom is -0.351 e. The SMILES string of the molecule is CC[C@H](N)C(=O)NCc1ccc(C(=O)NCCN(C)C)cc1.Cl.Cl. The zero-order chi connectivity index (χ0) is 16.5. The van der Waals surface area contributed by atoms with Gasteiger partial charge in [0.25, 0.3) is 5.91 Å². The number of hydrogen-bond donors (Lipinski definition) is 3. The van der Waals surface area contributed by atoms with E-state index < -0.39 is 6.04 Å². The van der Waals surface area contributed by atoms with Crippen molar-refractivity contribution >= 4 is 36.6 Å². The first-order chi connectivity index (χ1) is 10.4. The minimum absolute atomic E-state index is 0. The lowest BCUT2D eigenvalue weighted by Gasteiger charge is -2.11. The fourth-order valence-electron chi connectivity index (χ4n) is 1.77. The second kappa shape index (κ2) is 13.0. The van der Waals surface area contributed by atoms with Gasteiger partial charge in [-0.25, -0.2) is 0 Å². The second-order valence-corrected chi connectivity index (χ2v) is 5.49. The Morgan fingerprint density at radius 2 is 1.71 bits per heavy atom. The zero-order valence-electron chi connectivity index (χ0n) is 14.4. The number of benzene rings is 1. The summed E-state index contributed by atoms with van der Waals surface area (Å²) in [6, 6.07) is 6.71. The Hall–Kier alpha value is -1.34. The lowest BCUT2D eigenvalue weighted by molar-refractivity contribution is -0.122. The van der Waals surface area contributed by atoms with Crippen molar-refractivity contribution in [3.8, 4) is 0 Å². The van der Waals surface area contributed by atoms with Crippen LogP contribution in [0, 0.1) is 0 Å². The normalized spacial score (nSPS) is 11.0. The van der Waals surface area contributed by atoms with Gasteiger partial charge in [-0.05, 0) is 38.2 Å². The van der Waals surface area contributed by atoms with E-state index in [1.165, 1.54) is 0 Å². The van der Waals surface area contributed by atoms with Gasteiger partial charge in [-0.15, -0.1) is 24.8 Å². The van der Waals surface area contributed by atoms with Crippen LogP contribution in [0.1, 0.15) is 29.3 Å². The van der Waals surface area contributed by atoms with Crippen molar-refractivity contribution in [2.75, 3.05) is 27.2 Å². The van der Waals surface area contributed by atoms with Crippen LogP contribution in [-0.4, -0.2) is 49.9 Å². The molecule has 0 spiro atoms. The first-order valence-electron chi connectivity index (χ1n) is 7.49. The summed E-state index contributed by atoms with van der Waals surface area (Å²) in [5.41, 5.74) is 7.19. The van der Waals surface area contributed by atoms with Crippen molar-refractivity contribution in [2.24, 2.45) is 5.73 Å². The molecule has 6 nitrogen and oxygen atoms in total. The summed E-state index contributed by atoms with van der Waals surface area (Å²) in [4.78, 5) is 25.5. The van der Waals surface area contributed by atoms with Crippen molar-refractivity contribution in [3.63, 3.8) is 0 Å². The third kappa shape index (κ3) is 9.08. The molecule has 0 fully saturated rings. The summed E-state index contributed by atoms with van der Waals surface area (Å²) in [6.07, 6.45) is 0.609. The number of carbonyl (C=O) groups is 2. The fourth-order valence-corrected chi connectivity index (χ4v) is 1.77. The van der Waals surface area contributed by atoms with Crippen molar-refractivity contribution in [3.05, 3.63) is 35.4 Å². The molecule has 0 aliphatic carbocycles. The Morgan fingerprint density at radius 1 is 1.12 bits per heavy atom. The summed E-state index contributed by atoms with van der Waals surface area (Å²) in [5.74, 6) is -0.251. The van der Waals surface area contributed by atoms with Gasteiger partial charge in [-0.1, -0.05) is 19.1 Å². The van der Waals surface area contributed by atoms with E-state index in [0.717, 1.165) is 12.1 Å². The third-order valence-electron chi connectivity index (χ3n) is 3.30. The fraction of sp³-hybridized carbons (Fsp3) is 0.500. The van der Waals surface area contributed by atoms with E-state index in [2.05, 4.69) is 10.6 Å². The molecule has 4 N–H and O–H groups in total. The molecule has 2 amide bonds. The van der Waals surface area contributed by atoms with Crippen molar-refractivity contribution < 1.29 is 9.59 Å². The first-order valence-corrected chi connectivity index (χ1v) is 7.49. The first kappa shape index (κ1) is 24.9. The highest BCUT2D eigenvalue weighted by Gasteiger charge is 2.10. The van der Waals surface area contributed by atoms with Gasteiger partial charge in [0, 0.05) is 25.2 Å². The van der Waals surface area contributed by atoms with E-state index in [1.54, 1.807) is 12.1 Å². The van der Waals surface area contributed by atoms with E-state index in [1.807, 2.05) is 38.1 Å². The summed E-state index contributed by atoms with van der Waals surface area (Å²) >= 11 is 0. The van der Waals surface area contributed by atoms with Crippen molar-refractivity contribution in [2.45, 2.75) is 25.9 Å². The summed E-state index contributed by atoms with van der Waals surface area (Å²) < 4.78 is 0. The molecule has 0 saturated carbocycles. The highest BCUT2D eigenvalue weighted by molar-refractivity contribution is 5.94. The lowest BCUT2D eigenvalue weighted by Crippen LogP contribution is -2.39. The third-order valence-corrected chi connectivity index (χ3v) is 3.30. The van der Waals surface area contributed by atoms with Crippen LogP contribution in [-0.2, 0) is 11.3 Å². The summed E-state index contributed by atoms with van der Waals surface area (Å²) in [6.45, 7) is 3.69. The molecule has 1 atom stereocenters. The van der Waals surface area contributed by atoms with Gasteiger partial charge in [0.05, 0.1) is 6.04 Å². The molecule has 0 saturated heterocycles. The second-order valence-electron chi connectivity index (χ2n) is 5.49. The highest BCUT2D eigenvalue weighted by Crippen LogP contribution is 2.04. The maximum absolute atomic E-state index is 11.9. The molecule has 1 aromatic rings. The number of nitrogens with one attached hydrogen (secondary N) is 2. The quantitative estimate of drug-likeness (QED) is 0.633. The number of rotatable bonds is 8. The molecular formula is C16H28Cl2N4O2. The van der Waals surface area contributed by atoms with Gasteiger partial charge >= 0.3 is 0 Å². The molecule has 0 aliphatic heterocycles. The van der Waals surface area contributed by atoms with Gasteiger partial charge < -0.3 is 21.3 Å². The molecule has 24 heavy (non-hydrogen) atoms. The number of halogens is 2. The molecule has 0 aromatic heterocycles. The minimum atomic E-state index is -0.471. The Morgan fingerprint density at radius 3 is 2.21 bits per heavy atom. The Kier molecular flexibility index (Phi) is 13.5.